The molecule has 18 heavy (non-hydrogen) atoms. The van der Waals surface area contributed by atoms with Crippen LogP contribution in [0.25, 0.3) is 0 Å². The Balaban J connectivity index is 2.04. The molecule has 0 atom stereocenters. The van der Waals surface area contributed by atoms with Gasteiger partial charge in [-0.3, -0.25) is 4.79 Å². The predicted molar refractivity (Wildman–Crippen MR) is 70.2 cm³/mol. The second-order valence-corrected chi connectivity index (χ2v) is 4.90. The molecule has 0 saturated carbocycles. The molecule has 1 aromatic carbocycles. The number of aromatic nitrogens is 2. The Kier molecular flexibility index (Phi) is 4.25. The van der Waals surface area contributed by atoms with Crippen LogP contribution in [-0.4, -0.2) is 15.9 Å². The molecule has 2 aromatic rings. The molecule has 0 aliphatic heterocycles. The van der Waals surface area contributed by atoms with Crippen molar-refractivity contribution in [2.75, 3.05) is 0 Å². The first-order chi connectivity index (χ1) is 8.67. The Morgan fingerprint density at radius 3 is 3.00 bits per heavy atom. The molecule has 94 valence electrons. The van der Waals surface area contributed by atoms with Crippen LogP contribution in [0.3, 0.4) is 0 Å². The van der Waals surface area contributed by atoms with E-state index in [4.69, 9.17) is 4.52 Å². The average Bonchev–Trinajstić information content (AvgIpc) is 2.76. The highest BCUT2D eigenvalue weighted by molar-refractivity contribution is 9.10. The van der Waals surface area contributed by atoms with Gasteiger partial charge < -0.3 is 4.52 Å². The summed E-state index contributed by atoms with van der Waals surface area (Å²) in [6, 6.07) is 7.93. The summed E-state index contributed by atoms with van der Waals surface area (Å²) in [5, 5.41) is 3.87. The minimum absolute atomic E-state index is 0.104. The van der Waals surface area contributed by atoms with E-state index in [1.165, 1.54) is 0 Å². The molecule has 0 N–H and O–H groups in total. The fourth-order valence-electron chi connectivity index (χ4n) is 1.56. The van der Waals surface area contributed by atoms with Gasteiger partial charge in [0.05, 0.1) is 6.42 Å². The van der Waals surface area contributed by atoms with Crippen molar-refractivity contribution in [1.29, 1.82) is 0 Å². The highest BCUT2D eigenvalue weighted by Crippen LogP contribution is 2.14. The van der Waals surface area contributed by atoms with Crippen LogP contribution >= 0.6 is 15.9 Å². The molecule has 4 nitrogen and oxygen atoms in total. The Hall–Kier alpha value is -1.49. The number of Topliss-reactive ketones (excluding diaryl/α,β-unsaturated/α-hetero) is 1. The molecule has 1 aromatic heterocycles. The predicted octanol–water partition coefficient (Wildman–Crippen LogP) is 2.94. The van der Waals surface area contributed by atoms with E-state index in [1.807, 2.05) is 31.2 Å². The number of carbonyl (C=O) groups excluding carboxylic acids is 1. The zero-order valence-corrected chi connectivity index (χ0v) is 11.6. The van der Waals surface area contributed by atoms with Crippen LogP contribution in [0.4, 0.5) is 0 Å². The van der Waals surface area contributed by atoms with E-state index in [0.29, 0.717) is 24.6 Å². The summed E-state index contributed by atoms with van der Waals surface area (Å²) in [5.41, 5.74) is 1.10. The standard InChI is InChI=1S/C13H13BrN2O2/c1-2-11(17)8-13-15-12(16-18-13)7-9-4-3-5-10(14)6-9/h3-6H,2,7-8H2,1H3. The first-order valence-electron chi connectivity index (χ1n) is 5.75. The third-order valence-corrected chi connectivity index (χ3v) is 3.00. The van der Waals surface area contributed by atoms with Crippen LogP contribution in [0.2, 0.25) is 0 Å². The summed E-state index contributed by atoms with van der Waals surface area (Å²) >= 11 is 3.41. The van der Waals surface area contributed by atoms with E-state index in [2.05, 4.69) is 26.1 Å². The molecule has 0 unspecified atom stereocenters. The van der Waals surface area contributed by atoms with Crippen molar-refractivity contribution in [2.24, 2.45) is 0 Å². The maximum absolute atomic E-state index is 11.3. The highest BCUT2D eigenvalue weighted by Gasteiger charge is 2.10. The quantitative estimate of drug-likeness (QED) is 0.852. The van der Waals surface area contributed by atoms with E-state index >= 15 is 0 Å². The summed E-state index contributed by atoms with van der Waals surface area (Å²) in [4.78, 5) is 15.5. The lowest BCUT2D eigenvalue weighted by molar-refractivity contribution is -0.118. The summed E-state index contributed by atoms with van der Waals surface area (Å²) < 4.78 is 6.06. The van der Waals surface area contributed by atoms with Crippen molar-refractivity contribution in [3.63, 3.8) is 0 Å². The molecular weight excluding hydrogens is 296 g/mol. The lowest BCUT2D eigenvalue weighted by Crippen LogP contribution is -2.00. The van der Waals surface area contributed by atoms with Crippen LogP contribution < -0.4 is 0 Å². The van der Waals surface area contributed by atoms with Crippen LogP contribution in [0.5, 0.6) is 0 Å². The Bertz CT molecular complexity index is 551. The van der Waals surface area contributed by atoms with Gasteiger partial charge in [0.1, 0.15) is 5.78 Å². The van der Waals surface area contributed by atoms with E-state index in [0.717, 1.165) is 10.0 Å². The van der Waals surface area contributed by atoms with Crippen molar-refractivity contribution >= 4 is 21.7 Å². The number of hydrogen-bond donors (Lipinski definition) is 0. The van der Waals surface area contributed by atoms with Crippen molar-refractivity contribution in [3.05, 3.63) is 46.0 Å². The number of carbonyl (C=O) groups is 1. The first kappa shape index (κ1) is 13.0. The van der Waals surface area contributed by atoms with E-state index < -0.39 is 0 Å². The molecular formula is C13H13BrN2O2. The Morgan fingerprint density at radius 1 is 1.44 bits per heavy atom. The number of halogens is 1. The highest BCUT2D eigenvalue weighted by atomic mass is 79.9. The van der Waals surface area contributed by atoms with Crippen molar-refractivity contribution in [2.45, 2.75) is 26.2 Å². The van der Waals surface area contributed by atoms with Crippen molar-refractivity contribution < 1.29 is 9.32 Å². The minimum atomic E-state index is 0.104. The summed E-state index contributed by atoms with van der Waals surface area (Å²) in [6.07, 6.45) is 1.31. The Labute approximate surface area is 114 Å². The average molecular weight is 309 g/mol. The lowest BCUT2D eigenvalue weighted by Gasteiger charge is -1.96. The van der Waals surface area contributed by atoms with E-state index in [1.54, 1.807) is 0 Å². The van der Waals surface area contributed by atoms with Gasteiger partial charge in [-0.2, -0.15) is 4.98 Å². The molecule has 1 heterocycles. The Morgan fingerprint density at radius 2 is 2.28 bits per heavy atom. The van der Waals surface area contributed by atoms with Gasteiger partial charge in [-0.1, -0.05) is 40.1 Å². The van der Waals surface area contributed by atoms with Gasteiger partial charge >= 0.3 is 0 Å². The topological polar surface area (TPSA) is 56.0 Å². The van der Waals surface area contributed by atoms with Gasteiger partial charge in [0.25, 0.3) is 0 Å². The first-order valence-corrected chi connectivity index (χ1v) is 6.54. The largest absolute Gasteiger partial charge is 0.339 e. The maximum Gasteiger partial charge on any atom is 0.234 e. The zero-order chi connectivity index (χ0) is 13.0. The molecule has 0 radical (unpaired) electrons. The number of benzene rings is 1. The van der Waals surface area contributed by atoms with Crippen LogP contribution in [0, 0.1) is 0 Å². The van der Waals surface area contributed by atoms with E-state index in [9.17, 15) is 4.79 Å². The maximum atomic E-state index is 11.3. The fraction of sp³-hybridized carbons (Fsp3) is 0.308. The van der Waals surface area contributed by atoms with Crippen LogP contribution in [-0.2, 0) is 17.6 Å². The summed E-state index contributed by atoms with van der Waals surface area (Å²) in [5.74, 6) is 1.10. The molecule has 5 heteroatoms. The van der Waals surface area contributed by atoms with Gasteiger partial charge in [-0.25, -0.2) is 0 Å². The second-order valence-electron chi connectivity index (χ2n) is 3.98. The minimum Gasteiger partial charge on any atom is -0.339 e. The number of ketones is 1. The molecule has 0 spiro atoms. The van der Waals surface area contributed by atoms with Gasteiger partial charge in [0.15, 0.2) is 5.82 Å². The van der Waals surface area contributed by atoms with Crippen molar-refractivity contribution in [1.82, 2.24) is 10.1 Å². The number of nitrogens with zero attached hydrogens (tertiary/aromatic N) is 2. The van der Waals surface area contributed by atoms with Crippen LogP contribution in [0.15, 0.2) is 33.3 Å². The second kappa shape index (κ2) is 5.91. The summed E-state index contributed by atoms with van der Waals surface area (Å²) in [7, 11) is 0. The molecule has 0 amide bonds. The number of hydrogen-bond acceptors (Lipinski definition) is 4. The van der Waals surface area contributed by atoms with Gasteiger partial charge in [-0.05, 0) is 17.7 Å². The molecule has 0 aliphatic rings. The summed E-state index contributed by atoms with van der Waals surface area (Å²) in [6.45, 7) is 1.82. The monoisotopic (exact) mass is 308 g/mol. The lowest BCUT2D eigenvalue weighted by atomic mass is 10.1. The number of rotatable bonds is 5. The molecule has 2 rings (SSSR count). The molecule has 0 fully saturated rings. The van der Waals surface area contributed by atoms with Gasteiger partial charge in [0, 0.05) is 17.3 Å². The smallest absolute Gasteiger partial charge is 0.234 e. The third kappa shape index (κ3) is 3.50. The molecule has 0 aliphatic carbocycles. The van der Waals surface area contributed by atoms with Crippen molar-refractivity contribution in [3.8, 4) is 0 Å². The van der Waals surface area contributed by atoms with Crippen LogP contribution in [0.1, 0.15) is 30.6 Å². The third-order valence-electron chi connectivity index (χ3n) is 2.50. The SMILES string of the molecule is CCC(=O)Cc1nc(Cc2cccc(Br)c2)no1. The molecule has 0 bridgehead atoms. The van der Waals surface area contributed by atoms with Gasteiger partial charge in [-0.15, -0.1) is 0 Å². The van der Waals surface area contributed by atoms with E-state index in [-0.39, 0.29) is 12.2 Å². The van der Waals surface area contributed by atoms with Gasteiger partial charge in [0.2, 0.25) is 5.89 Å². The fourth-order valence-corrected chi connectivity index (χ4v) is 2.00. The molecule has 0 saturated heterocycles. The zero-order valence-electron chi connectivity index (χ0n) is 10.0. The normalized spacial score (nSPS) is 10.6.